The second-order valence-electron chi connectivity index (χ2n) is 4.68. The van der Waals surface area contributed by atoms with Crippen LogP contribution in [-0.4, -0.2) is 23.4 Å². The zero-order chi connectivity index (χ0) is 15.1. The minimum Gasteiger partial charge on any atom is -0.354 e. The summed E-state index contributed by atoms with van der Waals surface area (Å²) in [4.78, 5) is 21.6. The van der Waals surface area contributed by atoms with Crippen LogP contribution in [0.4, 0.5) is 5.69 Å². The van der Waals surface area contributed by atoms with Crippen molar-refractivity contribution < 1.29 is 9.72 Å². The maximum Gasteiger partial charge on any atom is 0.269 e. The predicted octanol–water partition coefficient (Wildman–Crippen LogP) is 2.25. The zero-order valence-electron chi connectivity index (χ0n) is 11.5. The Hall–Kier alpha value is -1.66. The summed E-state index contributed by atoms with van der Waals surface area (Å²) < 4.78 is 0. The first-order valence-corrected chi connectivity index (χ1v) is 6.71. The van der Waals surface area contributed by atoms with Crippen molar-refractivity contribution in [2.45, 2.75) is 32.9 Å². The van der Waals surface area contributed by atoms with Crippen LogP contribution >= 0.6 is 11.6 Å². The van der Waals surface area contributed by atoms with Gasteiger partial charge in [-0.2, -0.15) is 0 Å². The minimum atomic E-state index is -0.462. The number of nitrogens with zero attached hydrogens (tertiary/aromatic N) is 1. The Morgan fingerprint density at radius 2 is 2.15 bits per heavy atom. The van der Waals surface area contributed by atoms with Crippen LogP contribution in [0.5, 0.6) is 0 Å². The summed E-state index contributed by atoms with van der Waals surface area (Å²) >= 11 is 5.97. The third kappa shape index (κ3) is 5.54. The molecule has 0 aliphatic heterocycles. The Morgan fingerprint density at radius 3 is 2.75 bits per heavy atom. The minimum absolute atomic E-state index is 0.00347. The average molecular weight is 300 g/mol. The van der Waals surface area contributed by atoms with Crippen molar-refractivity contribution in [2.75, 3.05) is 6.54 Å². The molecule has 0 spiro atoms. The lowest BCUT2D eigenvalue weighted by Gasteiger charge is -2.09. The van der Waals surface area contributed by atoms with Crippen LogP contribution in [0.1, 0.15) is 25.8 Å². The number of carbonyl (C=O) groups excluding carboxylic acids is 1. The number of rotatable bonds is 7. The molecule has 110 valence electrons. The first-order valence-electron chi connectivity index (χ1n) is 6.33. The SMILES string of the molecule is CC(C)NC(=O)CCNCc1cc([N+](=O)[O-])ccc1Cl. The maximum atomic E-state index is 11.4. The van der Waals surface area contributed by atoms with E-state index in [2.05, 4.69) is 10.6 Å². The molecule has 0 saturated heterocycles. The molecule has 0 heterocycles. The Morgan fingerprint density at radius 1 is 1.45 bits per heavy atom. The third-order valence-corrected chi connectivity index (χ3v) is 2.90. The lowest BCUT2D eigenvalue weighted by atomic mass is 10.2. The molecule has 0 aromatic heterocycles. The topological polar surface area (TPSA) is 84.3 Å². The summed E-state index contributed by atoms with van der Waals surface area (Å²) in [6.07, 6.45) is 0.352. The summed E-state index contributed by atoms with van der Waals surface area (Å²) in [5.41, 5.74) is 0.647. The second-order valence-corrected chi connectivity index (χ2v) is 5.09. The van der Waals surface area contributed by atoms with E-state index in [0.29, 0.717) is 30.1 Å². The van der Waals surface area contributed by atoms with Gasteiger partial charge in [0.2, 0.25) is 5.91 Å². The van der Waals surface area contributed by atoms with Crippen LogP contribution in [0, 0.1) is 10.1 Å². The van der Waals surface area contributed by atoms with Crippen molar-refractivity contribution in [3.05, 3.63) is 38.9 Å². The van der Waals surface area contributed by atoms with Crippen molar-refractivity contribution >= 4 is 23.2 Å². The van der Waals surface area contributed by atoms with E-state index >= 15 is 0 Å². The molecule has 2 N–H and O–H groups in total. The Balaban J connectivity index is 2.44. The zero-order valence-corrected chi connectivity index (χ0v) is 12.2. The van der Waals surface area contributed by atoms with E-state index in [1.165, 1.54) is 18.2 Å². The van der Waals surface area contributed by atoms with Crippen LogP contribution in [-0.2, 0) is 11.3 Å². The summed E-state index contributed by atoms with van der Waals surface area (Å²) in [6.45, 7) is 4.66. The number of carbonyl (C=O) groups is 1. The highest BCUT2D eigenvalue weighted by atomic mass is 35.5. The van der Waals surface area contributed by atoms with Crippen molar-refractivity contribution in [2.24, 2.45) is 0 Å². The highest BCUT2D eigenvalue weighted by Crippen LogP contribution is 2.21. The van der Waals surface area contributed by atoms with Gasteiger partial charge in [-0.1, -0.05) is 11.6 Å². The fourth-order valence-electron chi connectivity index (χ4n) is 1.63. The number of hydrogen-bond acceptors (Lipinski definition) is 4. The lowest BCUT2D eigenvalue weighted by molar-refractivity contribution is -0.384. The largest absolute Gasteiger partial charge is 0.354 e. The van der Waals surface area contributed by atoms with Crippen molar-refractivity contribution in [3.63, 3.8) is 0 Å². The molecule has 6 nitrogen and oxygen atoms in total. The van der Waals surface area contributed by atoms with Gasteiger partial charge in [-0.25, -0.2) is 0 Å². The van der Waals surface area contributed by atoms with Gasteiger partial charge in [0, 0.05) is 42.7 Å². The van der Waals surface area contributed by atoms with E-state index in [0.717, 1.165) is 0 Å². The van der Waals surface area contributed by atoms with Crippen LogP contribution in [0.25, 0.3) is 0 Å². The Labute approximate surface area is 122 Å². The molecule has 0 bridgehead atoms. The molecule has 1 aromatic rings. The highest BCUT2D eigenvalue weighted by Gasteiger charge is 2.09. The number of benzene rings is 1. The third-order valence-electron chi connectivity index (χ3n) is 2.53. The van der Waals surface area contributed by atoms with Gasteiger partial charge in [0.1, 0.15) is 0 Å². The molecular formula is C13H18ClN3O3. The number of nitro groups is 1. The van der Waals surface area contributed by atoms with E-state index < -0.39 is 4.92 Å². The molecule has 0 atom stereocenters. The normalized spacial score (nSPS) is 10.6. The predicted molar refractivity (Wildman–Crippen MR) is 77.7 cm³/mol. The standard InChI is InChI=1S/C13H18ClN3O3/c1-9(2)16-13(18)5-6-15-8-10-7-11(17(19)20)3-4-12(10)14/h3-4,7,9,15H,5-6,8H2,1-2H3,(H,16,18). The lowest BCUT2D eigenvalue weighted by Crippen LogP contribution is -2.32. The van der Waals surface area contributed by atoms with E-state index in [-0.39, 0.29) is 17.6 Å². The summed E-state index contributed by atoms with van der Waals surface area (Å²) in [7, 11) is 0. The summed E-state index contributed by atoms with van der Waals surface area (Å²) in [6, 6.07) is 4.42. The van der Waals surface area contributed by atoms with Gasteiger partial charge in [-0.15, -0.1) is 0 Å². The molecule has 0 fully saturated rings. The second kappa shape index (κ2) is 7.81. The Bertz CT molecular complexity index is 492. The van der Waals surface area contributed by atoms with E-state index in [1.54, 1.807) is 0 Å². The number of amides is 1. The monoisotopic (exact) mass is 299 g/mol. The van der Waals surface area contributed by atoms with Crippen molar-refractivity contribution in [1.29, 1.82) is 0 Å². The number of halogens is 1. The van der Waals surface area contributed by atoms with Gasteiger partial charge >= 0.3 is 0 Å². The van der Waals surface area contributed by atoms with Gasteiger partial charge in [0.25, 0.3) is 5.69 Å². The summed E-state index contributed by atoms with van der Waals surface area (Å²) in [5.74, 6) is -0.0300. The molecule has 20 heavy (non-hydrogen) atoms. The molecule has 7 heteroatoms. The fourth-order valence-corrected chi connectivity index (χ4v) is 1.81. The first-order chi connectivity index (χ1) is 9.40. The van der Waals surface area contributed by atoms with Crippen LogP contribution < -0.4 is 10.6 Å². The number of non-ortho nitro benzene ring substituents is 1. The van der Waals surface area contributed by atoms with Crippen molar-refractivity contribution in [3.8, 4) is 0 Å². The first kappa shape index (κ1) is 16.4. The molecule has 1 amide bonds. The van der Waals surface area contributed by atoms with E-state index in [9.17, 15) is 14.9 Å². The maximum absolute atomic E-state index is 11.4. The molecule has 0 aliphatic carbocycles. The Kier molecular flexibility index (Phi) is 6.41. The molecule has 0 aliphatic rings. The summed E-state index contributed by atoms with van der Waals surface area (Å²) in [5, 5.41) is 17.0. The van der Waals surface area contributed by atoms with E-state index in [1.807, 2.05) is 13.8 Å². The molecule has 0 radical (unpaired) electrons. The molecule has 0 unspecified atom stereocenters. The number of nitro benzene ring substituents is 1. The molecular weight excluding hydrogens is 282 g/mol. The van der Waals surface area contributed by atoms with Gasteiger partial charge in [0.15, 0.2) is 0 Å². The fraction of sp³-hybridized carbons (Fsp3) is 0.462. The smallest absolute Gasteiger partial charge is 0.269 e. The quantitative estimate of drug-likeness (QED) is 0.459. The van der Waals surface area contributed by atoms with Gasteiger partial charge in [0.05, 0.1) is 4.92 Å². The van der Waals surface area contributed by atoms with Gasteiger partial charge < -0.3 is 10.6 Å². The van der Waals surface area contributed by atoms with Crippen LogP contribution in [0.15, 0.2) is 18.2 Å². The van der Waals surface area contributed by atoms with Gasteiger partial charge in [-0.05, 0) is 25.5 Å². The molecule has 1 rings (SSSR count). The molecule has 1 aromatic carbocycles. The highest BCUT2D eigenvalue weighted by molar-refractivity contribution is 6.31. The van der Waals surface area contributed by atoms with Crippen LogP contribution in [0.3, 0.4) is 0 Å². The van der Waals surface area contributed by atoms with Gasteiger partial charge in [-0.3, -0.25) is 14.9 Å². The number of hydrogen-bond donors (Lipinski definition) is 2. The van der Waals surface area contributed by atoms with Crippen molar-refractivity contribution in [1.82, 2.24) is 10.6 Å². The molecule has 0 saturated carbocycles. The average Bonchev–Trinajstić information content (AvgIpc) is 2.35. The van der Waals surface area contributed by atoms with Crippen LogP contribution in [0.2, 0.25) is 5.02 Å². The number of nitrogens with one attached hydrogen (secondary N) is 2. The van der Waals surface area contributed by atoms with E-state index in [4.69, 9.17) is 11.6 Å².